The lowest BCUT2D eigenvalue weighted by Crippen LogP contribution is -2.47. The predicted octanol–water partition coefficient (Wildman–Crippen LogP) is 11.9. The van der Waals surface area contributed by atoms with Gasteiger partial charge in [-0.3, -0.25) is 0 Å². The van der Waals surface area contributed by atoms with E-state index in [2.05, 4.69) is 118 Å². The lowest BCUT2D eigenvalue weighted by atomic mass is 9.90. The van der Waals surface area contributed by atoms with Gasteiger partial charge >= 0.3 is 0 Å². The Hall–Kier alpha value is -0.360. The predicted molar refractivity (Wildman–Crippen MR) is 242 cm³/mol. The summed E-state index contributed by atoms with van der Waals surface area (Å²) < 4.78 is 52.1. The third-order valence-corrected chi connectivity index (χ3v) is 11.0. The fraction of sp³-hybridized carbons (Fsp3) is 1.00. The first-order valence-corrected chi connectivity index (χ1v) is 23.0. The maximum absolute atomic E-state index is 10.2. The minimum Gasteiger partial charge on any atom is -0.390 e. The van der Waals surface area contributed by atoms with Crippen LogP contribution in [0.5, 0.6) is 0 Å². The van der Waals surface area contributed by atoms with E-state index in [9.17, 15) is 5.11 Å². The quantitative estimate of drug-likeness (QED) is 0.0619. The first kappa shape index (κ1) is 57.6. The van der Waals surface area contributed by atoms with Crippen molar-refractivity contribution in [2.24, 2.45) is 10.8 Å². The zero-order chi connectivity index (χ0) is 45.0. The molecule has 1 atom stereocenters. The second-order valence-electron chi connectivity index (χ2n) is 22.9. The molecule has 0 saturated carbocycles. The molecule has 0 aliphatic carbocycles. The van der Waals surface area contributed by atoms with Gasteiger partial charge in [0.2, 0.25) is 0 Å². The summed E-state index contributed by atoms with van der Waals surface area (Å²) >= 11 is 0. The van der Waals surface area contributed by atoms with Crippen LogP contribution in [-0.2, 0) is 37.9 Å². The van der Waals surface area contributed by atoms with Gasteiger partial charge in [-0.15, -0.1) is 0 Å². The average Bonchev–Trinajstić information content (AvgIpc) is 3.04. The fourth-order valence-electron chi connectivity index (χ4n) is 6.15. The standard InChI is InChI=1S/C49H100O9/c1-20-22-24-44(10,11)56-36-30-48(18,19)58-40-49(37-51-31-27-45(12,13)53-33-25-41(3,4)5,38-52-32-28-46(14,15)54-34-26-42(6,7)50)39-57-47(16,17)29-35-55-43(8,9)23-21-2/h50H,20-40H2,1-19H3. The highest BCUT2D eigenvalue weighted by Crippen LogP contribution is 2.31. The van der Waals surface area contributed by atoms with Crippen molar-refractivity contribution < 1.29 is 43.0 Å². The van der Waals surface area contributed by atoms with Crippen molar-refractivity contribution in [2.45, 2.75) is 241 Å². The van der Waals surface area contributed by atoms with Crippen LogP contribution >= 0.6 is 0 Å². The molecule has 350 valence electrons. The Morgan fingerprint density at radius 1 is 0.328 bits per heavy atom. The average molecular weight is 833 g/mol. The molecule has 0 aromatic carbocycles. The van der Waals surface area contributed by atoms with Crippen molar-refractivity contribution in [3.05, 3.63) is 0 Å². The highest BCUT2D eigenvalue weighted by atomic mass is 16.5. The van der Waals surface area contributed by atoms with Crippen molar-refractivity contribution in [3.63, 3.8) is 0 Å². The van der Waals surface area contributed by atoms with E-state index in [1.54, 1.807) is 0 Å². The van der Waals surface area contributed by atoms with Gasteiger partial charge in [-0.05, 0) is 154 Å². The number of aliphatic hydroxyl groups is 1. The molecular weight excluding hydrogens is 733 g/mol. The second-order valence-corrected chi connectivity index (χ2v) is 22.9. The summed E-state index contributed by atoms with van der Waals surface area (Å²) in [5, 5.41) is 10.2. The lowest BCUT2D eigenvalue weighted by Gasteiger charge is -2.40. The molecule has 0 fully saturated rings. The van der Waals surface area contributed by atoms with Crippen LogP contribution in [0.25, 0.3) is 0 Å². The largest absolute Gasteiger partial charge is 0.390 e. The molecule has 0 saturated heterocycles. The molecule has 0 aliphatic heterocycles. The van der Waals surface area contributed by atoms with Gasteiger partial charge in [0.25, 0.3) is 0 Å². The van der Waals surface area contributed by atoms with Gasteiger partial charge in [0.15, 0.2) is 0 Å². The van der Waals surface area contributed by atoms with E-state index in [4.69, 9.17) is 37.9 Å². The molecule has 58 heavy (non-hydrogen) atoms. The van der Waals surface area contributed by atoms with Gasteiger partial charge in [-0.2, -0.15) is 0 Å². The van der Waals surface area contributed by atoms with Crippen LogP contribution in [0.4, 0.5) is 0 Å². The molecule has 0 amide bonds. The number of hydrogen-bond acceptors (Lipinski definition) is 9. The first-order valence-electron chi connectivity index (χ1n) is 23.0. The SMILES string of the molecule is CCCCC(C)(C)OCCC(C)(C)OCC(COCCC(C)(C)OCCC(C)(C)C)(COCCC(C)(C)OCCC(C)(C)O)COC(C)(C)CCOC(C)(C)CCC. The lowest BCUT2D eigenvalue weighted by molar-refractivity contribution is -0.170. The fourth-order valence-corrected chi connectivity index (χ4v) is 6.15. The van der Waals surface area contributed by atoms with Crippen LogP contribution in [-0.4, -0.2) is 110 Å². The molecule has 0 spiro atoms. The molecule has 0 rings (SSSR count). The zero-order valence-electron chi connectivity index (χ0n) is 42.1. The van der Waals surface area contributed by atoms with E-state index >= 15 is 0 Å². The van der Waals surface area contributed by atoms with Gasteiger partial charge in [0, 0.05) is 19.8 Å². The maximum atomic E-state index is 10.2. The van der Waals surface area contributed by atoms with Crippen LogP contribution in [0.1, 0.15) is 202 Å². The van der Waals surface area contributed by atoms with Crippen LogP contribution in [0.15, 0.2) is 0 Å². The number of hydrogen-bond donors (Lipinski definition) is 1. The highest BCUT2D eigenvalue weighted by Gasteiger charge is 2.38. The summed E-state index contributed by atoms with van der Waals surface area (Å²) in [6.45, 7) is 45.5. The van der Waals surface area contributed by atoms with Gasteiger partial charge in [-0.25, -0.2) is 0 Å². The normalized spacial score (nSPS) is 15.3. The molecule has 0 heterocycles. The molecule has 1 unspecified atom stereocenters. The molecule has 0 bridgehead atoms. The van der Waals surface area contributed by atoms with Gasteiger partial charge in [0.1, 0.15) is 0 Å². The van der Waals surface area contributed by atoms with Crippen molar-refractivity contribution in [1.82, 2.24) is 0 Å². The third-order valence-electron chi connectivity index (χ3n) is 11.0. The Morgan fingerprint density at radius 2 is 0.655 bits per heavy atom. The highest BCUT2D eigenvalue weighted by molar-refractivity contribution is 4.85. The Balaban J connectivity index is 6.22. The topological polar surface area (TPSA) is 94.1 Å². The molecule has 9 heteroatoms. The molecule has 0 radical (unpaired) electrons. The van der Waals surface area contributed by atoms with Gasteiger partial charge < -0.3 is 43.0 Å². The van der Waals surface area contributed by atoms with E-state index in [1.807, 2.05) is 13.8 Å². The van der Waals surface area contributed by atoms with Crippen molar-refractivity contribution >= 4 is 0 Å². The van der Waals surface area contributed by atoms with Crippen LogP contribution in [0, 0.1) is 10.8 Å². The minimum atomic E-state index is -0.767. The summed E-state index contributed by atoms with van der Waals surface area (Å²) in [4.78, 5) is 0. The summed E-state index contributed by atoms with van der Waals surface area (Å²) in [5.74, 6) is 0. The zero-order valence-corrected chi connectivity index (χ0v) is 42.1. The van der Waals surface area contributed by atoms with E-state index in [1.165, 1.54) is 0 Å². The Labute approximate surface area is 360 Å². The first-order chi connectivity index (χ1) is 26.3. The molecule has 1 N–H and O–H groups in total. The molecular formula is C49H100O9. The molecule has 0 aromatic rings. The van der Waals surface area contributed by atoms with Crippen molar-refractivity contribution in [1.29, 1.82) is 0 Å². The van der Waals surface area contributed by atoms with Gasteiger partial charge in [0.05, 0.1) is 90.9 Å². The van der Waals surface area contributed by atoms with Crippen molar-refractivity contribution in [3.8, 4) is 0 Å². The summed E-state index contributed by atoms with van der Waals surface area (Å²) in [5.41, 5.74) is -3.08. The number of unbranched alkanes of at least 4 members (excludes halogenated alkanes) is 1. The van der Waals surface area contributed by atoms with Crippen LogP contribution in [0.3, 0.4) is 0 Å². The van der Waals surface area contributed by atoms with Crippen LogP contribution < -0.4 is 0 Å². The Bertz CT molecular complexity index is 1010. The molecule has 0 aliphatic rings. The molecule has 0 aromatic heterocycles. The number of rotatable bonds is 36. The third kappa shape index (κ3) is 31.5. The van der Waals surface area contributed by atoms with E-state index in [0.717, 1.165) is 64.4 Å². The van der Waals surface area contributed by atoms with Gasteiger partial charge in [-0.1, -0.05) is 53.9 Å². The summed E-state index contributed by atoms with van der Waals surface area (Å²) in [6.07, 6.45) is 9.99. The smallest absolute Gasteiger partial charge is 0.0648 e. The maximum Gasteiger partial charge on any atom is 0.0648 e. The van der Waals surface area contributed by atoms with E-state index in [0.29, 0.717) is 72.3 Å². The second kappa shape index (κ2) is 25.7. The van der Waals surface area contributed by atoms with E-state index in [-0.39, 0.29) is 22.2 Å². The number of ether oxygens (including phenoxy) is 8. The Morgan fingerprint density at radius 3 is 1.02 bits per heavy atom. The molecule has 9 nitrogen and oxygen atoms in total. The summed E-state index contributed by atoms with van der Waals surface area (Å²) in [6, 6.07) is 0. The monoisotopic (exact) mass is 833 g/mol. The summed E-state index contributed by atoms with van der Waals surface area (Å²) in [7, 11) is 0. The van der Waals surface area contributed by atoms with E-state index < -0.39 is 27.8 Å². The minimum absolute atomic E-state index is 0.164. The van der Waals surface area contributed by atoms with Crippen molar-refractivity contribution in [2.75, 3.05) is 66.1 Å². The Kier molecular flexibility index (Phi) is 25.5. The van der Waals surface area contributed by atoms with Crippen LogP contribution in [0.2, 0.25) is 0 Å².